The molecule has 24 heavy (non-hydrogen) atoms. The van der Waals surface area contributed by atoms with Gasteiger partial charge < -0.3 is 0 Å². The van der Waals surface area contributed by atoms with Gasteiger partial charge in [-0.05, 0) is 29.3 Å². The summed E-state index contributed by atoms with van der Waals surface area (Å²) in [5.74, 6) is -0.422. The van der Waals surface area contributed by atoms with Gasteiger partial charge in [0.05, 0.1) is 30.1 Å². The van der Waals surface area contributed by atoms with E-state index in [-0.39, 0.29) is 26.1 Å². The molecular formula is C14H7Cl9Si. The molecule has 130 valence electrons. The zero-order valence-electron chi connectivity index (χ0n) is 11.5. The van der Waals surface area contributed by atoms with Crippen molar-refractivity contribution in [2.24, 2.45) is 0 Å². The molecule has 0 saturated heterocycles. The fraction of sp³-hybridized carbons (Fsp3) is 0.143. The number of rotatable bonds is 4. The Bertz CT molecular complexity index is 712. The fourth-order valence-corrected chi connectivity index (χ4v) is 5.88. The second-order valence-electron chi connectivity index (χ2n) is 4.90. The van der Waals surface area contributed by atoms with Crippen LogP contribution in [0.1, 0.15) is 17.0 Å². The second kappa shape index (κ2) is 8.52. The quantitative estimate of drug-likeness (QED) is 0.213. The third kappa shape index (κ3) is 4.95. The van der Waals surface area contributed by atoms with E-state index in [9.17, 15) is 0 Å². The first-order chi connectivity index (χ1) is 11.0. The normalized spacial score (nSPS) is 12.1. The molecule has 0 heterocycles. The Morgan fingerprint density at radius 1 is 0.625 bits per heavy atom. The summed E-state index contributed by atoms with van der Waals surface area (Å²) in [6, 6.07) is 3.89. The smallest absolute Gasteiger partial charge is 0.126 e. The zero-order chi connectivity index (χ0) is 18.2. The largest absolute Gasteiger partial charge is 0.342 e. The molecule has 2 rings (SSSR count). The SMILES string of the molecule is Clc1ccc(C(C[Si](Cl)(Cl)Cl)c2ccc(Cl)c(Cl)c2Cl)c(Cl)c1Cl. The molecule has 0 spiro atoms. The average Bonchev–Trinajstić information content (AvgIpc) is 2.48. The van der Waals surface area contributed by atoms with E-state index in [1.54, 1.807) is 24.3 Å². The zero-order valence-corrected chi connectivity index (χ0v) is 19.3. The van der Waals surface area contributed by atoms with Crippen LogP contribution in [0, 0.1) is 0 Å². The molecule has 10 heteroatoms. The lowest BCUT2D eigenvalue weighted by Gasteiger charge is -2.24. The fourth-order valence-electron chi connectivity index (χ4n) is 2.24. The molecule has 0 aromatic heterocycles. The molecule has 0 aliphatic carbocycles. The number of hydrogen-bond acceptors (Lipinski definition) is 0. The van der Waals surface area contributed by atoms with Crippen LogP contribution in [0.15, 0.2) is 24.3 Å². The molecule has 0 N–H and O–H groups in total. The minimum absolute atomic E-state index is 0.225. The predicted octanol–water partition coefficient (Wildman–Crippen LogP) is 9.39. The molecule has 0 aliphatic heterocycles. The van der Waals surface area contributed by atoms with E-state index in [1.807, 2.05) is 0 Å². The first kappa shape index (κ1) is 21.6. The second-order valence-corrected chi connectivity index (χ2v) is 16.4. The van der Waals surface area contributed by atoms with Gasteiger partial charge >= 0.3 is 6.00 Å². The van der Waals surface area contributed by atoms with Gasteiger partial charge in [0.2, 0.25) is 0 Å². The summed E-state index contributed by atoms with van der Waals surface area (Å²) in [5, 5.41) is 1.66. The Balaban J connectivity index is 2.67. The van der Waals surface area contributed by atoms with Crippen LogP contribution >= 0.6 is 103 Å². The summed E-state index contributed by atoms with van der Waals surface area (Å²) in [5.41, 5.74) is 1.29. The van der Waals surface area contributed by atoms with E-state index >= 15 is 0 Å². The van der Waals surface area contributed by atoms with Crippen LogP contribution in [0.3, 0.4) is 0 Å². The standard InChI is InChI=1S/C14H7Cl9Si/c15-9-3-1-6(11(17)13(9)19)8(5-24(21,22)23)7-2-4-10(16)14(20)12(7)18/h1-4,8H,5H2. The number of benzene rings is 2. The maximum atomic E-state index is 6.36. The molecule has 0 unspecified atom stereocenters. The van der Waals surface area contributed by atoms with Gasteiger partial charge in [-0.2, -0.15) is 0 Å². The molecule has 0 nitrogen and oxygen atoms in total. The highest BCUT2D eigenvalue weighted by Gasteiger charge is 2.34. The van der Waals surface area contributed by atoms with Gasteiger partial charge in [0.25, 0.3) is 0 Å². The van der Waals surface area contributed by atoms with Crippen LogP contribution in [0.2, 0.25) is 36.2 Å². The van der Waals surface area contributed by atoms with Gasteiger partial charge in [0.1, 0.15) is 0 Å². The van der Waals surface area contributed by atoms with E-state index in [2.05, 4.69) is 0 Å². The average molecular weight is 522 g/mol. The third-order valence-electron chi connectivity index (χ3n) is 3.32. The van der Waals surface area contributed by atoms with E-state index in [0.717, 1.165) is 0 Å². The van der Waals surface area contributed by atoms with Gasteiger partial charge in [-0.3, -0.25) is 0 Å². The van der Waals surface area contributed by atoms with Crippen molar-refractivity contribution >= 4 is 109 Å². The van der Waals surface area contributed by atoms with Crippen LogP contribution in [-0.2, 0) is 0 Å². The summed E-state index contributed by atoms with van der Waals surface area (Å²) in [7, 11) is 0. The van der Waals surface area contributed by atoms with E-state index in [4.69, 9.17) is 103 Å². The van der Waals surface area contributed by atoms with Crippen molar-refractivity contribution in [1.29, 1.82) is 0 Å². The minimum atomic E-state index is -3.05. The Kier molecular flexibility index (Phi) is 7.66. The molecule has 0 bridgehead atoms. The first-order valence-corrected chi connectivity index (χ1v) is 13.9. The monoisotopic (exact) mass is 518 g/mol. The van der Waals surface area contributed by atoms with Gasteiger partial charge in [-0.1, -0.05) is 81.7 Å². The van der Waals surface area contributed by atoms with Crippen molar-refractivity contribution in [2.75, 3.05) is 0 Å². The van der Waals surface area contributed by atoms with Crippen molar-refractivity contribution < 1.29 is 0 Å². The molecule has 2 aromatic carbocycles. The highest BCUT2D eigenvalue weighted by molar-refractivity contribution is 7.64. The third-order valence-corrected chi connectivity index (χ3v) is 8.19. The van der Waals surface area contributed by atoms with Crippen LogP contribution in [0.25, 0.3) is 0 Å². The highest BCUT2D eigenvalue weighted by Crippen LogP contribution is 2.47. The Labute approximate surface area is 184 Å². The summed E-state index contributed by atoms with van der Waals surface area (Å²) in [6.45, 7) is 0. The Morgan fingerprint density at radius 2 is 1.00 bits per heavy atom. The lowest BCUT2D eigenvalue weighted by Crippen LogP contribution is -2.16. The van der Waals surface area contributed by atoms with Gasteiger partial charge in [0.15, 0.2) is 0 Å². The molecule has 0 aliphatic rings. The summed E-state index contributed by atoms with van der Waals surface area (Å²) in [4.78, 5) is 0. The summed E-state index contributed by atoms with van der Waals surface area (Å²) < 4.78 is 0. The first-order valence-electron chi connectivity index (χ1n) is 6.36. The van der Waals surface area contributed by atoms with Crippen LogP contribution in [-0.4, -0.2) is 6.00 Å². The van der Waals surface area contributed by atoms with Gasteiger partial charge in [0, 0.05) is 5.92 Å². The van der Waals surface area contributed by atoms with Gasteiger partial charge in [-0.15, -0.1) is 33.2 Å². The van der Waals surface area contributed by atoms with Crippen molar-refractivity contribution in [2.45, 2.75) is 12.0 Å². The minimum Gasteiger partial charge on any atom is -0.126 e. The molecule has 0 saturated carbocycles. The van der Waals surface area contributed by atoms with Crippen molar-refractivity contribution in [3.8, 4) is 0 Å². The number of halogens is 9. The molecule has 0 atom stereocenters. The molecule has 0 fully saturated rings. The topological polar surface area (TPSA) is 0 Å². The van der Waals surface area contributed by atoms with Crippen molar-refractivity contribution in [3.05, 3.63) is 65.5 Å². The molecule has 0 amide bonds. The Hall–Kier alpha value is 1.27. The Morgan fingerprint density at radius 3 is 1.33 bits per heavy atom. The molecule has 2 aromatic rings. The lowest BCUT2D eigenvalue weighted by molar-refractivity contribution is 0.914. The van der Waals surface area contributed by atoms with Crippen LogP contribution in [0.5, 0.6) is 0 Å². The number of hydrogen-bond donors (Lipinski definition) is 0. The summed E-state index contributed by atoms with van der Waals surface area (Å²) in [6.07, 6.45) is 0. The highest BCUT2D eigenvalue weighted by atomic mass is 35.8. The summed E-state index contributed by atoms with van der Waals surface area (Å²) >= 11 is 55.4. The van der Waals surface area contributed by atoms with E-state index in [0.29, 0.717) is 21.2 Å². The van der Waals surface area contributed by atoms with Crippen LogP contribution in [0.4, 0.5) is 0 Å². The van der Waals surface area contributed by atoms with Crippen molar-refractivity contribution in [1.82, 2.24) is 0 Å². The lowest BCUT2D eigenvalue weighted by atomic mass is 9.92. The predicted molar refractivity (Wildman–Crippen MR) is 113 cm³/mol. The van der Waals surface area contributed by atoms with Gasteiger partial charge in [-0.25, -0.2) is 0 Å². The van der Waals surface area contributed by atoms with E-state index in [1.165, 1.54) is 0 Å². The van der Waals surface area contributed by atoms with Crippen LogP contribution < -0.4 is 0 Å². The molecular weight excluding hydrogens is 515 g/mol. The van der Waals surface area contributed by atoms with E-state index < -0.39 is 11.9 Å². The maximum absolute atomic E-state index is 6.36. The maximum Gasteiger partial charge on any atom is 0.342 e. The van der Waals surface area contributed by atoms with Crippen molar-refractivity contribution in [3.63, 3.8) is 0 Å². The molecule has 0 radical (unpaired) electrons.